The minimum atomic E-state index is 0.323. The standard InChI is InChI=1S/C10H7ClN4/c11-6-9-13-10-4-3-7-8(15(10)14-9)2-1-5-12-7/h1-5H,6H2. The Morgan fingerprint density at radius 2 is 2.20 bits per heavy atom. The number of halogens is 1. The zero-order chi connectivity index (χ0) is 10.3. The summed E-state index contributed by atoms with van der Waals surface area (Å²) in [5, 5.41) is 4.29. The van der Waals surface area contributed by atoms with Gasteiger partial charge in [0.05, 0.1) is 16.9 Å². The summed E-state index contributed by atoms with van der Waals surface area (Å²) in [5.41, 5.74) is 2.64. The largest absolute Gasteiger partial charge is 0.255 e. The zero-order valence-electron chi connectivity index (χ0n) is 7.76. The highest BCUT2D eigenvalue weighted by Crippen LogP contribution is 2.13. The first-order valence-corrected chi connectivity index (χ1v) is 5.07. The lowest BCUT2D eigenvalue weighted by Crippen LogP contribution is -1.91. The quantitative estimate of drug-likeness (QED) is 0.587. The third-order valence-corrected chi connectivity index (χ3v) is 2.47. The van der Waals surface area contributed by atoms with Crippen molar-refractivity contribution >= 4 is 28.3 Å². The molecular formula is C10H7ClN4. The number of nitrogens with zero attached hydrogens (tertiary/aromatic N) is 4. The average molecular weight is 219 g/mol. The summed E-state index contributed by atoms with van der Waals surface area (Å²) in [5.74, 6) is 0.955. The summed E-state index contributed by atoms with van der Waals surface area (Å²) >= 11 is 5.70. The molecule has 0 fully saturated rings. The molecule has 3 aromatic rings. The number of hydrogen-bond acceptors (Lipinski definition) is 3. The van der Waals surface area contributed by atoms with Gasteiger partial charge in [0.1, 0.15) is 0 Å². The van der Waals surface area contributed by atoms with Crippen molar-refractivity contribution in [1.82, 2.24) is 19.6 Å². The van der Waals surface area contributed by atoms with Crippen LogP contribution in [0.2, 0.25) is 0 Å². The maximum atomic E-state index is 5.70. The maximum absolute atomic E-state index is 5.70. The average Bonchev–Trinajstić information content (AvgIpc) is 2.72. The molecular weight excluding hydrogens is 212 g/mol. The fourth-order valence-electron chi connectivity index (χ4n) is 1.58. The van der Waals surface area contributed by atoms with Crippen molar-refractivity contribution < 1.29 is 0 Å². The summed E-state index contributed by atoms with van der Waals surface area (Å²) in [4.78, 5) is 8.52. The van der Waals surface area contributed by atoms with Gasteiger partial charge >= 0.3 is 0 Å². The number of pyridine rings is 2. The van der Waals surface area contributed by atoms with Crippen LogP contribution in [-0.2, 0) is 5.88 Å². The van der Waals surface area contributed by atoms with E-state index in [-0.39, 0.29) is 0 Å². The van der Waals surface area contributed by atoms with Gasteiger partial charge in [-0.15, -0.1) is 16.7 Å². The van der Waals surface area contributed by atoms with Crippen LogP contribution < -0.4 is 0 Å². The SMILES string of the molecule is ClCc1nc2ccc3ncccc3n2n1. The lowest BCUT2D eigenvalue weighted by molar-refractivity contribution is 0.953. The summed E-state index contributed by atoms with van der Waals surface area (Å²) in [6.07, 6.45) is 1.76. The molecule has 0 aliphatic heterocycles. The van der Waals surface area contributed by atoms with E-state index in [4.69, 9.17) is 11.6 Å². The first-order chi connectivity index (χ1) is 7.38. The molecule has 0 unspecified atom stereocenters. The first kappa shape index (κ1) is 8.61. The second-order valence-corrected chi connectivity index (χ2v) is 3.44. The molecule has 3 heterocycles. The predicted octanol–water partition coefficient (Wildman–Crippen LogP) is 2.02. The highest BCUT2D eigenvalue weighted by Gasteiger charge is 2.05. The van der Waals surface area contributed by atoms with Crippen LogP contribution in [0, 0.1) is 0 Å². The predicted molar refractivity (Wildman–Crippen MR) is 57.8 cm³/mol. The zero-order valence-corrected chi connectivity index (χ0v) is 8.52. The van der Waals surface area contributed by atoms with Crippen molar-refractivity contribution in [2.45, 2.75) is 5.88 Å². The summed E-state index contributed by atoms with van der Waals surface area (Å²) in [7, 11) is 0. The van der Waals surface area contributed by atoms with E-state index in [1.165, 1.54) is 0 Å². The molecule has 0 aromatic carbocycles. The van der Waals surface area contributed by atoms with Crippen LogP contribution in [0.15, 0.2) is 30.5 Å². The van der Waals surface area contributed by atoms with Gasteiger partial charge in [0, 0.05) is 6.20 Å². The van der Waals surface area contributed by atoms with E-state index in [0.29, 0.717) is 11.7 Å². The van der Waals surface area contributed by atoms with E-state index in [1.807, 2.05) is 24.3 Å². The van der Waals surface area contributed by atoms with Crippen LogP contribution in [0.25, 0.3) is 16.7 Å². The molecule has 0 spiro atoms. The minimum absolute atomic E-state index is 0.323. The number of aromatic nitrogens is 4. The Hall–Kier alpha value is -1.68. The molecule has 0 N–H and O–H groups in total. The Morgan fingerprint density at radius 3 is 3.07 bits per heavy atom. The summed E-state index contributed by atoms with van der Waals surface area (Å²) < 4.78 is 1.76. The number of fused-ring (bicyclic) bond motifs is 3. The number of rotatable bonds is 1. The third kappa shape index (κ3) is 1.26. The fraction of sp³-hybridized carbons (Fsp3) is 0.100. The van der Waals surface area contributed by atoms with Crippen molar-refractivity contribution in [2.24, 2.45) is 0 Å². The second kappa shape index (κ2) is 3.17. The van der Waals surface area contributed by atoms with E-state index in [0.717, 1.165) is 16.7 Å². The maximum Gasteiger partial charge on any atom is 0.166 e. The van der Waals surface area contributed by atoms with E-state index < -0.39 is 0 Å². The van der Waals surface area contributed by atoms with Gasteiger partial charge in [-0.2, -0.15) is 0 Å². The normalized spacial score (nSPS) is 11.3. The molecule has 4 nitrogen and oxygen atoms in total. The van der Waals surface area contributed by atoms with Crippen LogP contribution in [-0.4, -0.2) is 19.6 Å². The minimum Gasteiger partial charge on any atom is -0.255 e. The van der Waals surface area contributed by atoms with E-state index in [9.17, 15) is 0 Å². The highest BCUT2D eigenvalue weighted by atomic mass is 35.5. The van der Waals surface area contributed by atoms with Crippen molar-refractivity contribution in [1.29, 1.82) is 0 Å². The van der Waals surface area contributed by atoms with Crippen LogP contribution in [0.1, 0.15) is 5.82 Å². The number of hydrogen-bond donors (Lipinski definition) is 0. The summed E-state index contributed by atoms with van der Waals surface area (Å²) in [6, 6.07) is 7.65. The van der Waals surface area contributed by atoms with Crippen LogP contribution in [0.5, 0.6) is 0 Å². The molecule has 0 radical (unpaired) electrons. The van der Waals surface area contributed by atoms with Gasteiger partial charge in [0.25, 0.3) is 0 Å². The summed E-state index contributed by atoms with van der Waals surface area (Å²) in [6.45, 7) is 0. The molecule has 5 heteroatoms. The van der Waals surface area contributed by atoms with Gasteiger partial charge in [-0.1, -0.05) is 0 Å². The van der Waals surface area contributed by atoms with Crippen molar-refractivity contribution in [3.8, 4) is 0 Å². The van der Waals surface area contributed by atoms with Gasteiger partial charge in [-0.05, 0) is 24.3 Å². The van der Waals surface area contributed by atoms with Gasteiger partial charge < -0.3 is 0 Å². The molecule has 74 valence electrons. The smallest absolute Gasteiger partial charge is 0.166 e. The van der Waals surface area contributed by atoms with Gasteiger partial charge in [0.15, 0.2) is 11.5 Å². The second-order valence-electron chi connectivity index (χ2n) is 3.17. The van der Waals surface area contributed by atoms with Crippen molar-refractivity contribution in [2.75, 3.05) is 0 Å². The fourth-order valence-corrected chi connectivity index (χ4v) is 1.69. The van der Waals surface area contributed by atoms with E-state index in [1.54, 1.807) is 10.7 Å². The van der Waals surface area contributed by atoms with Crippen LogP contribution in [0.3, 0.4) is 0 Å². The number of alkyl halides is 1. The molecule has 3 rings (SSSR count). The van der Waals surface area contributed by atoms with Crippen molar-refractivity contribution in [3.63, 3.8) is 0 Å². The molecule has 0 saturated heterocycles. The highest BCUT2D eigenvalue weighted by molar-refractivity contribution is 6.16. The molecule has 0 aliphatic rings. The Morgan fingerprint density at radius 1 is 1.27 bits per heavy atom. The molecule has 0 bridgehead atoms. The Kier molecular flexibility index (Phi) is 1.82. The van der Waals surface area contributed by atoms with Gasteiger partial charge in [-0.25, -0.2) is 9.50 Å². The molecule has 3 aromatic heterocycles. The van der Waals surface area contributed by atoms with Crippen molar-refractivity contribution in [3.05, 3.63) is 36.3 Å². The Balaban J connectivity index is 2.47. The van der Waals surface area contributed by atoms with Crippen LogP contribution >= 0.6 is 11.6 Å². The van der Waals surface area contributed by atoms with Gasteiger partial charge in [0.2, 0.25) is 0 Å². The monoisotopic (exact) mass is 218 g/mol. The van der Waals surface area contributed by atoms with Crippen LogP contribution in [0.4, 0.5) is 0 Å². The van der Waals surface area contributed by atoms with Gasteiger partial charge in [-0.3, -0.25) is 4.98 Å². The Bertz CT molecular complexity index is 631. The molecule has 15 heavy (non-hydrogen) atoms. The first-order valence-electron chi connectivity index (χ1n) is 4.54. The molecule has 0 amide bonds. The third-order valence-electron chi connectivity index (χ3n) is 2.23. The molecule has 0 saturated carbocycles. The lowest BCUT2D eigenvalue weighted by atomic mass is 10.3. The topological polar surface area (TPSA) is 43.1 Å². The molecule has 0 aliphatic carbocycles. The van der Waals surface area contributed by atoms with E-state index >= 15 is 0 Å². The molecule has 0 atom stereocenters. The lowest BCUT2D eigenvalue weighted by Gasteiger charge is -1.97. The Labute approximate surface area is 90.5 Å². The van der Waals surface area contributed by atoms with E-state index in [2.05, 4.69) is 15.1 Å².